The highest BCUT2D eigenvalue weighted by molar-refractivity contribution is 14.0. The van der Waals surface area contributed by atoms with Crippen LogP contribution in [0.15, 0.2) is 52.1 Å². The second-order valence-electron chi connectivity index (χ2n) is 5.44. The van der Waals surface area contributed by atoms with Gasteiger partial charge in [-0.3, -0.25) is 4.99 Å². The van der Waals surface area contributed by atoms with Crippen molar-refractivity contribution in [3.05, 3.63) is 54.0 Å². The molecule has 9 heteroatoms. The summed E-state index contributed by atoms with van der Waals surface area (Å²) in [5, 5.41) is 16.5. The lowest BCUT2D eigenvalue weighted by atomic mass is 10.1. The van der Waals surface area contributed by atoms with Crippen molar-refractivity contribution < 1.29 is 23.0 Å². The number of guanidine groups is 1. The van der Waals surface area contributed by atoms with Crippen molar-refractivity contribution in [1.82, 2.24) is 10.6 Å². The van der Waals surface area contributed by atoms with E-state index in [1.165, 1.54) is 24.3 Å². The summed E-state index contributed by atoms with van der Waals surface area (Å²) in [4.78, 5) is 4.34. The number of aliphatic imine (C=N–C) groups is 1. The zero-order valence-corrected chi connectivity index (χ0v) is 17.2. The minimum Gasteiger partial charge on any atom is -0.469 e. The quantitative estimate of drug-likeness (QED) is 0.283. The summed E-state index contributed by atoms with van der Waals surface area (Å²) in [6.45, 7) is 0.523. The number of halogens is 3. The van der Waals surface area contributed by atoms with E-state index in [-0.39, 0.29) is 36.3 Å². The SMILES string of the molecule is CCNC(=NCC(O)c1ccc(OC(F)F)cc1)NCCc1ccco1.I. The van der Waals surface area contributed by atoms with E-state index in [9.17, 15) is 13.9 Å². The van der Waals surface area contributed by atoms with Gasteiger partial charge in [0.1, 0.15) is 11.5 Å². The molecule has 2 rings (SSSR count). The van der Waals surface area contributed by atoms with E-state index in [0.29, 0.717) is 31.0 Å². The van der Waals surface area contributed by atoms with Gasteiger partial charge in [0, 0.05) is 19.5 Å². The molecule has 0 saturated heterocycles. The molecule has 1 aromatic carbocycles. The summed E-state index contributed by atoms with van der Waals surface area (Å²) < 4.78 is 33.8. The predicted molar refractivity (Wildman–Crippen MR) is 110 cm³/mol. The Balaban J connectivity index is 0.00000364. The molecule has 0 aliphatic rings. The zero-order chi connectivity index (χ0) is 18.8. The maximum absolute atomic E-state index is 12.1. The minimum atomic E-state index is -2.87. The molecular weight excluding hydrogens is 471 g/mol. The topological polar surface area (TPSA) is 79.0 Å². The molecule has 1 atom stereocenters. The number of hydrogen-bond donors (Lipinski definition) is 3. The van der Waals surface area contributed by atoms with Crippen molar-refractivity contribution in [2.24, 2.45) is 4.99 Å². The van der Waals surface area contributed by atoms with Crippen molar-refractivity contribution in [3.63, 3.8) is 0 Å². The number of ether oxygens (including phenoxy) is 1. The van der Waals surface area contributed by atoms with Crippen LogP contribution >= 0.6 is 24.0 Å². The van der Waals surface area contributed by atoms with Crippen molar-refractivity contribution in [2.45, 2.75) is 26.1 Å². The largest absolute Gasteiger partial charge is 0.469 e. The lowest BCUT2D eigenvalue weighted by Crippen LogP contribution is -2.38. The third kappa shape index (κ3) is 8.57. The Morgan fingerprint density at radius 3 is 2.56 bits per heavy atom. The number of benzene rings is 1. The van der Waals surface area contributed by atoms with Gasteiger partial charge in [0.25, 0.3) is 0 Å². The van der Waals surface area contributed by atoms with Crippen molar-refractivity contribution in [3.8, 4) is 5.75 Å². The van der Waals surface area contributed by atoms with E-state index < -0.39 is 12.7 Å². The van der Waals surface area contributed by atoms with E-state index in [2.05, 4.69) is 20.4 Å². The molecule has 1 heterocycles. The first kappa shape index (κ1) is 23.2. The average Bonchev–Trinajstić information content (AvgIpc) is 3.13. The Labute approximate surface area is 174 Å². The van der Waals surface area contributed by atoms with Crippen molar-refractivity contribution in [2.75, 3.05) is 19.6 Å². The Kier molecular flexibility index (Phi) is 10.7. The minimum absolute atomic E-state index is 0. The maximum Gasteiger partial charge on any atom is 0.387 e. The Morgan fingerprint density at radius 1 is 1.22 bits per heavy atom. The second-order valence-corrected chi connectivity index (χ2v) is 5.44. The standard InChI is InChI=1S/C18H23F2N3O3.HI/c1-2-21-18(22-10-9-14-4-3-11-25-14)23-12-16(24)13-5-7-15(8-6-13)26-17(19)20;/h3-8,11,16-17,24H,2,9-10,12H2,1H3,(H2,21,22,23);1H. The Bertz CT molecular complexity index is 667. The molecule has 0 aliphatic heterocycles. The smallest absolute Gasteiger partial charge is 0.387 e. The van der Waals surface area contributed by atoms with Gasteiger partial charge in [-0.25, -0.2) is 0 Å². The van der Waals surface area contributed by atoms with Crippen LogP contribution < -0.4 is 15.4 Å². The van der Waals surface area contributed by atoms with Crippen LogP contribution in [0, 0.1) is 0 Å². The lowest BCUT2D eigenvalue weighted by molar-refractivity contribution is -0.0498. The third-order valence-corrected chi connectivity index (χ3v) is 3.50. The van der Waals surface area contributed by atoms with Crippen molar-refractivity contribution in [1.29, 1.82) is 0 Å². The molecule has 1 aromatic heterocycles. The van der Waals surface area contributed by atoms with Gasteiger partial charge < -0.3 is 24.9 Å². The van der Waals surface area contributed by atoms with Gasteiger partial charge in [0.2, 0.25) is 0 Å². The molecule has 1 unspecified atom stereocenters. The van der Waals surface area contributed by atoms with E-state index in [4.69, 9.17) is 4.42 Å². The van der Waals surface area contributed by atoms with Gasteiger partial charge in [-0.05, 0) is 36.8 Å². The fourth-order valence-electron chi connectivity index (χ4n) is 2.26. The summed E-state index contributed by atoms with van der Waals surface area (Å²) in [6, 6.07) is 9.59. The van der Waals surface area contributed by atoms with Crippen molar-refractivity contribution >= 4 is 29.9 Å². The van der Waals surface area contributed by atoms with Gasteiger partial charge in [0.05, 0.1) is 18.9 Å². The summed E-state index contributed by atoms with van der Waals surface area (Å²) in [6.07, 6.45) is 1.49. The second kappa shape index (κ2) is 12.5. The highest BCUT2D eigenvalue weighted by Gasteiger charge is 2.09. The number of furan rings is 1. The number of alkyl halides is 2. The molecule has 6 nitrogen and oxygen atoms in total. The van der Waals surface area contributed by atoms with E-state index in [1.54, 1.807) is 6.26 Å². The van der Waals surface area contributed by atoms with E-state index in [1.807, 2.05) is 19.1 Å². The number of aliphatic hydroxyl groups is 1. The summed E-state index contributed by atoms with van der Waals surface area (Å²) in [5.41, 5.74) is 0.571. The monoisotopic (exact) mass is 495 g/mol. The molecule has 150 valence electrons. The number of rotatable bonds is 9. The molecule has 0 aliphatic carbocycles. The maximum atomic E-state index is 12.1. The predicted octanol–water partition coefficient (Wildman–Crippen LogP) is 3.33. The number of nitrogens with one attached hydrogen (secondary N) is 2. The molecule has 0 saturated carbocycles. The zero-order valence-electron chi connectivity index (χ0n) is 14.9. The van der Waals surface area contributed by atoms with Gasteiger partial charge in [0.15, 0.2) is 5.96 Å². The first-order valence-corrected chi connectivity index (χ1v) is 8.36. The molecule has 0 amide bonds. The highest BCUT2D eigenvalue weighted by Crippen LogP contribution is 2.19. The molecule has 0 radical (unpaired) electrons. The van der Waals surface area contributed by atoms with Crippen LogP contribution in [0.3, 0.4) is 0 Å². The number of aliphatic hydroxyl groups excluding tert-OH is 1. The van der Waals surface area contributed by atoms with Crippen LogP contribution in [0.1, 0.15) is 24.4 Å². The van der Waals surface area contributed by atoms with Crippen LogP contribution in [0.2, 0.25) is 0 Å². The van der Waals surface area contributed by atoms with Crippen LogP contribution in [-0.2, 0) is 6.42 Å². The number of nitrogens with zero attached hydrogens (tertiary/aromatic N) is 1. The van der Waals surface area contributed by atoms with Gasteiger partial charge in [-0.15, -0.1) is 24.0 Å². The average molecular weight is 495 g/mol. The molecule has 3 N–H and O–H groups in total. The first-order valence-electron chi connectivity index (χ1n) is 8.36. The molecule has 27 heavy (non-hydrogen) atoms. The van der Waals surface area contributed by atoms with Gasteiger partial charge in [-0.1, -0.05) is 12.1 Å². The molecule has 2 aromatic rings. The van der Waals surface area contributed by atoms with E-state index >= 15 is 0 Å². The third-order valence-electron chi connectivity index (χ3n) is 3.50. The molecule has 0 spiro atoms. The highest BCUT2D eigenvalue weighted by atomic mass is 127. The molecular formula is C18H24F2IN3O3. The molecule has 0 bridgehead atoms. The lowest BCUT2D eigenvalue weighted by Gasteiger charge is -2.13. The number of hydrogen-bond acceptors (Lipinski definition) is 4. The first-order chi connectivity index (χ1) is 12.6. The summed E-state index contributed by atoms with van der Waals surface area (Å²) in [7, 11) is 0. The summed E-state index contributed by atoms with van der Waals surface area (Å²) >= 11 is 0. The summed E-state index contributed by atoms with van der Waals surface area (Å²) in [5.74, 6) is 1.50. The fraction of sp³-hybridized carbons (Fsp3) is 0.389. The van der Waals surface area contributed by atoms with E-state index in [0.717, 1.165) is 5.76 Å². The normalized spacial score (nSPS) is 12.4. The fourth-order valence-corrected chi connectivity index (χ4v) is 2.26. The van der Waals surface area contributed by atoms with Crippen LogP contribution in [0.4, 0.5) is 8.78 Å². The van der Waals surface area contributed by atoms with Crippen LogP contribution in [-0.4, -0.2) is 37.3 Å². The van der Waals surface area contributed by atoms with Gasteiger partial charge >= 0.3 is 6.61 Å². The van der Waals surface area contributed by atoms with Crippen LogP contribution in [0.5, 0.6) is 5.75 Å². The molecule has 0 fully saturated rings. The van der Waals surface area contributed by atoms with Gasteiger partial charge in [-0.2, -0.15) is 8.78 Å². The Morgan fingerprint density at radius 2 is 1.96 bits per heavy atom. The Hall–Kier alpha value is -1.88. The van der Waals surface area contributed by atoms with Crippen LogP contribution in [0.25, 0.3) is 0 Å².